The average Bonchev–Trinajstić information content (AvgIpc) is 3.05. The number of nitrogens with zero attached hydrogens (tertiary/aromatic N) is 4. The van der Waals surface area contributed by atoms with Crippen molar-refractivity contribution in [1.82, 2.24) is 20.1 Å². The Balaban J connectivity index is 1.54. The highest BCUT2D eigenvalue weighted by atomic mass is 16.6. The molecule has 1 amide bonds. The summed E-state index contributed by atoms with van der Waals surface area (Å²) in [7, 11) is 1.79. The van der Waals surface area contributed by atoms with E-state index in [4.69, 9.17) is 9.37 Å². The van der Waals surface area contributed by atoms with Gasteiger partial charge in [-0.05, 0) is 41.3 Å². The first-order valence-electron chi connectivity index (χ1n) is 7.52. The van der Waals surface area contributed by atoms with Crippen molar-refractivity contribution in [2.75, 3.05) is 26.7 Å². The van der Waals surface area contributed by atoms with E-state index in [0.29, 0.717) is 6.54 Å². The minimum absolute atomic E-state index is 0.218. The maximum absolute atomic E-state index is 11.7. The molecule has 1 spiro atoms. The quantitative estimate of drug-likeness (QED) is 0.840. The van der Waals surface area contributed by atoms with Gasteiger partial charge in [-0.25, -0.2) is 9.42 Å². The first-order chi connectivity index (χ1) is 10.7. The first kappa shape index (κ1) is 13.5. The molecule has 1 aromatic heterocycles. The minimum Gasteiger partial charge on any atom is -0.440 e. The van der Waals surface area contributed by atoms with Crippen LogP contribution in [0.2, 0.25) is 0 Å². The van der Waals surface area contributed by atoms with Gasteiger partial charge in [-0.1, -0.05) is 12.1 Å². The molecular weight excluding hydrogens is 284 g/mol. The van der Waals surface area contributed by atoms with Crippen LogP contribution in [0.1, 0.15) is 18.4 Å². The molecule has 22 heavy (non-hydrogen) atoms. The van der Waals surface area contributed by atoms with Gasteiger partial charge in [0.15, 0.2) is 0 Å². The fourth-order valence-corrected chi connectivity index (χ4v) is 3.56. The summed E-state index contributed by atoms with van der Waals surface area (Å²) in [5.74, 6) is 0. The number of ether oxygens (including phenoxy) is 1. The summed E-state index contributed by atoms with van der Waals surface area (Å²) < 4.78 is 10.5. The molecule has 0 aliphatic carbocycles. The fourth-order valence-electron chi connectivity index (χ4n) is 3.56. The topological polar surface area (TPSA) is 71.7 Å². The van der Waals surface area contributed by atoms with Gasteiger partial charge in [-0.2, -0.15) is 0 Å². The lowest BCUT2D eigenvalue weighted by Gasteiger charge is -2.38. The summed E-state index contributed by atoms with van der Waals surface area (Å²) in [6.07, 6.45) is 1.73. The van der Waals surface area contributed by atoms with Crippen LogP contribution in [0.5, 0.6) is 0 Å². The predicted octanol–water partition coefficient (Wildman–Crippen LogP) is 1.64. The molecule has 0 bridgehead atoms. The van der Waals surface area contributed by atoms with Crippen LogP contribution in [-0.2, 0) is 11.3 Å². The molecule has 1 aromatic carbocycles. The molecule has 4 rings (SSSR count). The minimum atomic E-state index is -0.361. The van der Waals surface area contributed by atoms with Crippen LogP contribution in [-0.4, -0.2) is 58.5 Å². The summed E-state index contributed by atoms with van der Waals surface area (Å²) in [5, 5.41) is 7.87. The van der Waals surface area contributed by atoms with Gasteiger partial charge in [0.2, 0.25) is 0 Å². The molecule has 2 aromatic rings. The second kappa shape index (κ2) is 4.95. The van der Waals surface area contributed by atoms with Gasteiger partial charge >= 0.3 is 6.09 Å². The van der Waals surface area contributed by atoms with Crippen LogP contribution in [0.4, 0.5) is 4.79 Å². The van der Waals surface area contributed by atoms with E-state index in [1.807, 2.05) is 18.2 Å². The zero-order valence-electron chi connectivity index (χ0n) is 12.5. The normalized spacial score (nSPS) is 26.0. The number of hydrogen-bond acceptors (Lipinski definition) is 6. The van der Waals surface area contributed by atoms with Crippen molar-refractivity contribution in [3.63, 3.8) is 0 Å². The lowest BCUT2D eigenvalue weighted by atomic mass is 9.92. The van der Waals surface area contributed by atoms with E-state index in [1.165, 1.54) is 0 Å². The van der Waals surface area contributed by atoms with Crippen molar-refractivity contribution in [3.05, 3.63) is 23.8 Å². The summed E-state index contributed by atoms with van der Waals surface area (Å²) >= 11 is 0. The van der Waals surface area contributed by atoms with E-state index >= 15 is 0 Å². The molecule has 2 aliphatic heterocycles. The monoisotopic (exact) mass is 302 g/mol. The van der Waals surface area contributed by atoms with E-state index in [-0.39, 0.29) is 11.7 Å². The largest absolute Gasteiger partial charge is 0.440 e. The van der Waals surface area contributed by atoms with Gasteiger partial charge in [-0.3, -0.25) is 4.90 Å². The number of likely N-dealkylation sites (N-methyl/N-ethyl adjacent to an activating group) is 1. The number of rotatable bonds is 2. The molecule has 0 N–H and O–H groups in total. The highest BCUT2D eigenvalue weighted by Gasteiger charge is 2.46. The predicted molar refractivity (Wildman–Crippen MR) is 78.2 cm³/mol. The van der Waals surface area contributed by atoms with Crippen LogP contribution < -0.4 is 0 Å². The Morgan fingerprint density at radius 2 is 2.23 bits per heavy atom. The van der Waals surface area contributed by atoms with Crippen molar-refractivity contribution in [2.45, 2.75) is 25.0 Å². The molecule has 0 saturated carbocycles. The van der Waals surface area contributed by atoms with Crippen LogP contribution in [0.25, 0.3) is 11.0 Å². The SMILES string of the molecule is CN1C[C@]2(CCCN(Cc3cccc4nonc34)C2)OC1=O. The second-order valence-electron chi connectivity index (χ2n) is 6.27. The van der Waals surface area contributed by atoms with Gasteiger partial charge in [-0.15, -0.1) is 0 Å². The zero-order chi connectivity index (χ0) is 15.2. The Kier molecular flexibility index (Phi) is 3.04. The van der Waals surface area contributed by atoms with Gasteiger partial charge < -0.3 is 9.64 Å². The smallest absolute Gasteiger partial charge is 0.410 e. The number of aromatic nitrogens is 2. The van der Waals surface area contributed by atoms with E-state index in [1.54, 1.807) is 11.9 Å². The number of benzene rings is 1. The summed E-state index contributed by atoms with van der Waals surface area (Å²) in [4.78, 5) is 15.7. The van der Waals surface area contributed by atoms with Crippen molar-refractivity contribution in [3.8, 4) is 0 Å². The third kappa shape index (κ3) is 2.21. The molecule has 0 radical (unpaired) electrons. The fraction of sp³-hybridized carbons (Fsp3) is 0.533. The molecule has 2 fully saturated rings. The van der Waals surface area contributed by atoms with Crippen molar-refractivity contribution < 1.29 is 14.2 Å². The molecule has 0 unspecified atom stereocenters. The third-order valence-electron chi connectivity index (χ3n) is 4.52. The maximum Gasteiger partial charge on any atom is 0.410 e. The van der Waals surface area contributed by atoms with Crippen LogP contribution in [0.15, 0.2) is 22.8 Å². The number of likely N-dealkylation sites (tertiary alicyclic amines) is 1. The summed E-state index contributed by atoms with van der Waals surface area (Å²) in [5.41, 5.74) is 2.31. The van der Waals surface area contributed by atoms with Gasteiger partial charge in [0.1, 0.15) is 16.6 Å². The second-order valence-corrected chi connectivity index (χ2v) is 6.27. The van der Waals surface area contributed by atoms with E-state index in [0.717, 1.165) is 49.1 Å². The highest BCUT2D eigenvalue weighted by molar-refractivity contribution is 5.76. The van der Waals surface area contributed by atoms with E-state index < -0.39 is 0 Å². The maximum atomic E-state index is 11.7. The number of amides is 1. The molecule has 7 nitrogen and oxygen atoms in total. The number of carbonyl (C=O) groups excluding carboxylic acids is 1. The van der Waals surface area contributed by atoms with E-state index in [2.05, 4.69) is 15.2 Å². The molecule has 1 atom stereocenters. The molecule has 116 valence electrons. The Hall–Kier alpha value is -2.15. The Morgan fingerprint density at radius 1 is 1.32 bits per heavy atom. The first-order valence-corrected chi connectivity index (χ1v) is 7.52. The van der Waals surface area contributed by atoms with Crippen molar-refractivity contribution >= 4 is 17.1 Å². The lowest BCUT2D eigenvalue weighted by molar-refractivity contribution is -0.0112. The standard InChI is InChI=1S/C15H18N4O3/c1-18-9-15(21-14(18)20)6-3-7-19(10-15)8-11-4-2-5-12-13(11)17-22-16-12/h2,4-5H,3,6-10H2,1H3/t15-/m0/s1. The number of fused-ring (bicyclic) bond motifs is 1. The van der Waals surface area contributed by atoms with Crippen molar-refractivity contribution in [2.24, 2.45) is 0 Å². The third-order valence-corrected chi connectivity index (χ3v) is 4.52. The molecule has 7 heteroatoms. The van der Waals surface area contributed by atoms with Gasteiger partial charge in [0.05, 0.1) is 6.54 Å². The van der Waals surface area contributed by atoms with E-state index in [9.17, 15) is 4.79 Å². The molecule has 2 saturated heterocycles. The Bertz CT molecular complexity index is 716. The summed E-state index contributed by atoms with van der Waals surface area (Å²) in [6.45, 7) is 3.17. The van der Waals surface area contributed by atoms with Crippen molar-refractivity contribution in [1.29, 1.82) is 0 Å². The van der Waals surface area contributed by atoms with Crippen LogP contribution in [0, 0.1) is 0 Å². The highest BCUT2D eigenvalue weighted by Crippen LogP contribution is 2.32. The Labute approximate surface area is 127 Å². The van der Waals surface area contributed by atoms with Crippen LogP contribution in [0.3, 0.4) is 0 Å². The Morgan fingerprint density at radius 3 is 3.05 bits per heavy atom. The van der Waals surface area contributed by atoms with Crippen LogP contribution >= 0.6 is 0 Å². The number of hydrogen-bond donors (Lipinski definition) is 0. The molecule has 2 aliphatic rings. The molecule has 3 heterocycles. The number of piperidine rings is 1. The van der Waals surface area contributed by atoms with Gasteiger partial charge in [0.25, 0.3) is 0 Å². The molecular formula is C15H18N4O3. The summed E-state index contributed by atoms with van der Waals surface area (Å²) in [6, 6.07) is 5.90. The average molecular weight is 302 g/mol. The van der Waals surface area contributed by atoms with Gasteiger partial charge in [0, 0.05) is 20.1 Å². The lowest BCUT2D eigenvalue weighted by Crippen LogP contribution is -2.50. The zero-order valence-corrected chi connectivity index (χ0v) is 12.5. The number of carbonyl (C=O) groups is 1.